The van der Waals surface area contributed by atoms with Gasteiger partial charge in [-0.1, -0.05) is 0 Å². The van der Waals surface area contributed by atoms with Crippen molar-refractivity contribution in [2.45, 2.75) is 13.8 Å². The molecule has 0 aliphatic heterocycles. The Kier molecular flexibility index (Phi) is 2.16. The van der Waals surface area contributed by atoms with Crippen LogP contribution in [0.4, 0.5) is 0 Å². The van der Waals surface area contributed by atoms with Gasteiger partial charge in [-0.15, -0.1) is 5.10 Å². The van der Waals surface area contributed by atoms with Gasteiger partial charge >= 0.3 is 7.32 Å². The number of aromatic nitrogens is 2. The molecule has 11 heavy (non-hydrogen) atoms. The molecule has 5 nitrogen and oxygen atoms in total. The molecule has 0 bridgehead atoms. The lowest BCUT2D eigenvalue weighted by Crippen LogP contribution is -2.21. The first-order valence-corrected chi connectivity index (χ1v) is 3.15. The van der Waals surface area contributed by atoms with Gasteiger partial charge in [-0.25, -0.2) is 0 Å². The second kappa shape index (κ2) is 2.94. The van der Waals surface area contributed by atoms with Gasteiger partial charge in [0.25, 0.3) is 0 Å². The van der Waals surface area contributed by atoms with E-state index in [9.17, 15) is 0 Å². The van der Waals surface area contributed by atoms with Crippen molar-refractivity contribution in [3.05, 3.63) is 11.3 Å². The topological polar surface area (TPSA) is 78.4 Å². The molecule has 0 aliphatic rings. The first kappa shape index (κ1) is 8.09. The molecule has 0 fully saturated rings. The Morgan fingerprint density at radius 3 is 2.45 bits per heavy atom. The van der Waals surface area contributed by atoms with Crippen molar-refractivity contribution in [3.63, 3.8) is 0 Å². The highest BCUT2D eigenvalue weighted by atomic mass is 16.6. The zero-order valence-corrected chi connectivity index (χ0v) is 6.33. The predicted octanol–water partition coefficient (Wildman–Crippen LogP) is -0.625. The second-order valence-corrected chi connectivity index (χ2v) is 2.22. The van der Waals surface area contributed by atoms with Crippen LogP contribution in [0, 0.1) is 13.8 Å². The van der Waals surface area contributed by atoms with Crippen molar-refractivity contribution < 1.29 is 14.7 Å². The largest absolute Gasteiger partial charge is 0.708 e. The average Bonchev–Trinajstić information content (AvgIpc) is 2.18. The zero-order valence-electron chi connectivity index (χ0n) is 6.33. The molecule has 60 valence electrons. The molecule has 1 aromatic heterocycles. The lowest BCUT2D eigenvalue weighted by molar-refractivity contribution is 0.282. The Labute approximate surface area is 64.2 Å². The van der Waals surface area contributed by atoms with Crippen LogP contribution in [0.25, 0.3) is 0 Å². The normalized spacial score (nSPS) is 9.82. The molecule has 0 radical (unpaired) electrons. The summed E-state index contributed by atoms with van der Waals surface area (Å²) in [5.74, 6) is 0.220. The Bertz CT molecular complexity index is 248. The number of rotatable bonds is 2. The SMILES string of the molecule is Cc1[nH]nc(OB(O)O)c1C. The summed E-state index contributed by atoms with van der Waals surface area (Å²) in [5.41, 5.74) is 1.62. The number of hydrogen-bond donors (Lipinski definition) is 3. The van der Waals surface area contributed by atoms with Gasteiger partial charge in [-0.05, 0) is 13.8 Å². The summed E-state index contributed by atoms with van der Waals surface area (Å²) in [4.78, 5) is 0. The Hall–Kier alpha value is -1.01. The quantitative estimate of drug-likeness (QED) is 0.498. The predicted molar refractivity (Wildman–Crippen MR) is 38.9 cm³/mol. The van der Waals surface area contributed by atoms with Crippen LogP contribution < -0.4 is 4.65 Å². The number of H-pyrrole nitrogens is 1. The average molecular weight is 156 g/mol. The van der Waals surface area contributed by atoms with Gasteiger partial charge in [0, 0.05) is 11.3 Å². The molecular formula is C5H9BN2O3. The maximum Gasteiger partial charge on any atom is 0.708 e. The van der Waals surface area contributed by atoms with Gasteiger partial charge in [0.1, 0.15) is 0 Å². The van der Waals surface area contributed by atoms with E-state index >= 15 is 0 Å². The number of nitrogens with zero attached hydrogens (tertiary/aromatic N) is 1. The third-order valence-corrected chi connectivity index (χ3v) is 1.43. The molecule has 0 saturated heterocycles. The minimum atomic E-state index is -1.81. The van der Waals surface area contributed by atoms with Gasteiger partial charge in [0.2, 0.25) is 5.88 Å². The third-order valence-electron chi connectivity index (χ3n) is 1.43. The summed E-state index contributed by atoms with van der Waals surface area (Å²) in [6.07, 6.45) is 0. The maximum atomic E-state index is 8.42. The van der Waals surface area contributed by atoms with Gasteiger partial charge in [-0.3, -0.25) is 5.10 Å². The lowest BCUT2D eigenvalue weighted by Gasteiger charge is -1.99. The summed E-state index contributed by atoms with van der Waals surface area (Å²) in [5, 5.41) is 23.2. The fraction of sp³-hybridized carbons (Fsp3) is 0.400. The number of hydrogen-bond acceptors (Lipinski definition) is 4. The van der Waals surface area contributed by atoms with Crippen molar-refractivity contribution in [2.24, 2.45) is 0 Å². The monoisotopic (exact) mass is 156 g/mol. The van der Waals surface area contributed by atoms with Crippen LogP contribution in [0.5, 0.6) is 5.88 Å². The lowest BCUT2D eigenvalue weighted by atomic mass is 10.2. The van der Waals surface area contributed by atoms with E-state index in [2.05, 4.69) is 14.9 Å². The summed E-state index contributed by atoms with van der Waals surface area (Å²) < 4.78 is 4.53. The molecule has 0 aromatic carbocycles. The van der Waals surface area contributed by atoms with Crippen molar-refractivity contribution in [1.82, 2.24) is 10.2 Å². The fourth-order valence-corrected chi connectivity index (χ4v) is 0.677. The van der Waals surface area contributed by atoms with Crippen molar-refractivity contribution in [2.75, 3.05) is 0 Å². The van der Waals surface area contributed by atoms with Gasteiger partial charge < -0.3 is 14.7 Å². The van der Waals surface area contributed by atoms with Crippen LogP contribution >= 0.6 is 0 Å². The minimum absolute atomic E-state index is 0.220. The summed E-state index contributed by atoms with van der Waals surface area (Å²) >= 11 is 0. The Morgan fingerprint density at radius 2 is 2.09 bits per heavy atom. The molecule has 1 rings (SSSR count). The van der Waals surface area contributed by atoms with Crippen molar-refractivity contribution >= 4 is 7.32 Å². The van der Waals surface area contributed by atoms with Gasteiger partial charge in [0.15, 0.2) is 0 Å². The van der Waals surface area contributed by atoms with Crippen LogP contribution in [0.3, 0.4) is 0 Å². The highest BCUT2D eigenvalue weighted by Gasteiger charge is 2.15. The van der Waals surface area contributed by atoms with Crippen LogP contribution in [0.1, 0.15) is 11.3 Å². The third kappa shape index (κ3) is 1.72. The minimum Gasteiger partial charge on any atom is -0.496 e. The first-order chi connectivity index (χ1) is 5.11. The molecule has 0 spiro atoms. The number of aryl methyl sites for hydroxylation is 1. The van der Waals surface area contributed by atoms with E-state index in [1.54, 1.807) is 6.92 Å². The number of aromatic amines is 1. The molecule has 0 atom stereocenters. The van der Waals surface area contributed by atoms with Crippen molar-refractivity contribution in [3.8, 4) is 5.88 Å². The van der Waals surface area contributed by atoms with Gasteiger partial charge in [-0.2, -0.15) is 0 Å². The second-order valence-electron chi connectivity index (χ2n) is 2.22. The molecular weight excluding hydrogens is 147 g/mol. The Morgan fingerprint density at radius 1 is 1.45 bits per heavy atom. The molecule has 1 heterocycles. The standard InChI is InChI=1S/C5H9BN2O3/c1-3-4(2)7-8-5(3)11-6(9)10/h9-10H,1-2H3,(H,7,8). The highest BCUT2D eigenvalue weighted by Crippen LogP contribution is 2.15. The zero-order chi connectivity index (χ0) is 8.43. The van der Waals surface area contributed by atoms with Crippen LogP contribution in [-0.4, -0.2) is 27.6 Å². The van der Waals surface area contributed by atoms with E-state index in [-0.39, 0.29) is 5.88 Å². The highest BCUT2D eigenvalue weighted by molar-refractivity contribution is 6.33. The smallest absolute Gasteiger partial charge is 0.496 e. The molecule has 3 N–H and O–H groups in total. The molecule has 0 aliphatic carbocycles. The molecule has 0 unspecified atom stereocenters. The number of nitrogens with one attached hydrogen (secondary N) is 1. The fourth-order valence-electron chi connectivity index (χ4n) is 0.677. The van der Waals surface area contributed by atoms with E-state index in [0.717, 1.165) is 11.3 Å². The molecule has 6 heteroatoms. The van der Waals surface area contributed by atoms with Crippen LogP contribution in [0.15, 0.2) is 0 Å². The molecule has 0 amide bonds. The maximum absolute atomic E-state index is 8.42. The summed E-state index contributed by atoms with van der Waals surface area (Å²) in [7, 11) is -1.81. The van der Waals surface area contributed by atoms with E-state index in [0.29, 0.717) is 0 Å². The van der Waals surface area contributed by atoms with E-state index in [4.69, 9.17) is 10.0 Å². The van der Waals surface area contributed by atoms with Crippen molar-refractivity contribution in [1.29, 1.82) is 0 Å². The van der Waals surface area contributed by atoms with Crippen LogP contribution in [0.2, 0.25) is 0 Å². The Balaban J connectivity index is 2.79. The summed E-state index contributed by atoms with van der Waals surface area (Å²) in [6, 6.07) is 0. The molecule has 0 saturated carbocycles. The molecule has 1 aromatic rings. The van der Waals surface area contributed by atoms with Gasteiger partial charge in [0.05, 0.1) is 0 Å². The van der Waals surface area contributed by atoms with E-state index in [1.165, 1.54) is 0 Å². The summed E-state index contributed by atoms with van der Waals surface area (Å²) in [6.45, 7) is 3.59. The van der Waals surface area contributed by atoms with E-state index < -0.39 is 7.32 Å². The van der Waals surface area contributed by atoms with Crippen LogP contribution in [-0.2, 0) is 0 Å². The first-order valence-electron chi connectivity index (χ1n) is 3.15. The van der Waals surface area contributed by atoms with E-state index in [1.807, 2.05) is 6.92 Å².